The highest BCUT2D eigenvalue weighted by Gasteiger charge is 1.98. The number of esters is 1. The van der Waals surface area contributed by atoms with E-state index in [9.17, 15) is 4.79 Å². The molecule has 0 atom stereocenters. The Balaban J connectivity index is 2.17. The first-order chi connectivity index (χ1) is 7.79. The Bertz CT molecular complexity index is 523. The van der Waals surface area contributed by atoms with Crippen LogP contribution in [0, 0.1) is 0 Å². The first-order valence-corrected chi connectivity index (χ1v) is 5.11. The van der Waals surface area contributed by atoms with Crippen LogP contribution in [0.15, 0.2) is 41.0 Å². The number of rotatable bonds is 3. The average Bonchev–Trinajstić information content (AvgIpc) is 2.74. The van der Waals surface area contributed by atoms with Crippen molar-refractivity contribution in [3.05, 3.63) is 42.2 Å². The van der Waals surface area contributed by atoms with Gasteiger partial charge in [0, 0.05) is 11.5 Å². The minimum atomic E-state index is -0.331. The molecule has 0 N–H and O–H groups in total. The van der Waals surface area contributed by atoms with Crippen LogP contribution >= 0.6 is 0 Å². The van der Waals surface area contributed by atoms with Gasteiger partial charge in [0.25, 0.3) is 0 Å². The Morgan fingerprint density at radius 3 is 3.12 bits per heavy atom. The third-order valence-corrected chi connectivity index (χ3v) is 2.18. The van der Waals surface area contributed by atoms with Gasteiger partial charge in [-0.15, -0.1) is 0 Å². The molecule has 0 radical (unpaired) electrons. The van der Waals surface area contributed by atoms with Crippen molar-refractivity contribution in [3.8, 4) is 0 Å². The Morgan fingerprint density at radius 1 is 1.44 bits per heavy atom. The van der Waals surface area contributed by atoms with Gasteiger partial charge in [0.05, 0.1) is 12.9 Å². The fraction of sp³-hybridized carbons (Fsp3) is 0.154. The van der Waals surface area contributed by atoms with Crippen LogP contribution < -0.4 is 0 Å². The molecule has 0 amide bonds. The molecule has 1 heterocycles. The molecule has 0 spiro atoms. The fourth-order valence-corrected chi connectivity index (χ4v) is 1.43. The fourth-order valence-electron chi connectivity index (χ4n) is 1.43. The Morgan fingerprint density at radius 2 is 2.31 bits per heavy atom. The second-order valence-corrected chi connectivity index (χ2v) is 3.30. The van der Waals surface area contributed by atoms with E-state index in [1.807, 2.05) is 24.3 Å². The number of hydrogen-bond donors (Lipinski definition) is 0. The van der Waals surface area contributed by atoms with E-state index in [0.29, 0.717) is 6.61 Å². The van der Waals surface area contributed by atoms with Gasteiger partial charge in [0.1, 0.15) is 5.58 Å². The standard InChI is InChI=1S/C13H12O3/c1-2-15-13(14)6-4-10-3-5-11-7-8-16-12(11)9-10/h3-9H,2H2,1H3. The van der Waals surface area contributed by atoms with E-state index in [1.54, 1.807) is 19.3 Å². The predicted molar refractivity (Wildman–Crippen MR) is 61.9 cm³/mol. The molecule has 3 nitrogen and oxygen atoms in total. The van der Waals surface area contributed by atoms with Gasteiger partial charge in [-0.3, -0.25) is 0 Å². The van der Waals surface area contributed by atoms with Crippen molar-refractivity contribution in [1.82, 2.24) is 0 Å². The van der Waals surface area contributed by atoms with Gasteiger partial charge in [-0.2, -0.15) is 0 Å². The van der Waals surface area contributed by atoms with Crippen molar-refractivity contribution < 1.29 is 13.9 Å². The predicted octanol–water partition coefficient (Wildman–Crippen LogP) is 3.01. The smallest absolute Gasteiger partial charge is 0.330 e. The maximum atomic E-state index is 11.1. The van der Waals surface area contributed by atoms with Gasteiger partial charge in [-0.05, 0) is 30.7 Å². The van der Waals surface area contributed by atoms with Crippen LogP contribution in [0.4, 0.5) is 0 Å². The van der Waals surface area contributed by atoms with Crippen LogP contribution in [0.3, 0.4) is 0 Å². The normalized spacial score (nSPS) is 11.1. The summed E-state index contributed by atoms with van der Waals surface area (Å²) in [7, 11) is 0. The number of fused-ring (bicyclic) bond motifs is 1. The molecule has 2 aromatic rings. The Kier molecular flexibility index (Phi) is 3.05. The molecule has 0 fully saturated rings. The maximum absolute atomic E-state index is 11.1. The van der Waals surface area contributed by atoms with Crippen LogP contribution in [-0.4, -0.2) is 12.6 Å². The zero-order chi connectivity index (χ0) is 11.4. The van der Waals surface area contributed by atoms with Gasteiger partial charge < -0.3 is 9.15 Å². The van der Waals surface area contributed by atoms with Gasteiger partial charge in [0.15, 0.2) is 0 Å². The minimum absolute atomic E-state index is 0.331. The van der Waals surface area contributed by atoms with Crippen LogP contribution in [0.2, 0.25) is 0 Å². The quantitative estimate of drug-likeness (QED) is 0.584. The van der Waals surface area contributed by atoms with Crippen molar-refractivity contribution in [2.24, 2.45) is 0 Å². The zero-order valence-electron chi connectivity index (χ0n) is 8.97. The number of carbonyl (C=O) groups is 1. The zero-order valence-corrected chi connectivity index (χ0v) is 8.97. The summed E-state index contributed by atoms with van der Waals surface area (Å²) in [6, 6.07) is 7.65. The van der Waals surface area contributed by atoms with E-state index >= 15 is 0 Å². The largest absolute Gasteiger partial charge is 0.464 e. The van der Waals surface area contributed by atoms with E-state index in [-0.39, 0.29) is 5.97 Å². The summed E-state index contributed by atoms with van der Waals surface area (Å²) >= 11 is 0. The summed E-state index contributed by atoms with van der Waals surface area (Å²) in [6.45, 7) is 2.17. The van der Waals surface area contributed by atoms with E-state index in [2.05, 4.69) is 0 Å². The van der Waals surface area contributed by atoms with Crippen molar-refractivity contribution in [1.29, 1.82) is 0 Å². The number of benzene rings is 1. The first-order valence-electron chi connectivity index (χ1n) is 5.11. The number of ether oxygens (including phenoxy) is 1. The topological polar surface area (TPSA) is 39.4 Å². The van der Waals surface area contributed by atoms with Crippen molar-refractivity contribution in [2.75, 3.05) is 6.61 Å². The lowest BCUT2D eigenvalue weighted by molar-refractivity contribution is -0.137. The molecule has 2 rings (SSSR count). The molecule has 0 saturated heterocycles. The highest BCUT2D eigenvalue weighted by Crippen LogP contribution is 2.17. The van der Waals surface area contributed by atoms with Crippen molar-refractivity contribution >= 4 is 23.0 Å². The number of furan rings is 1. The van der Waals surface area contributed by atoms with Crippen LogP contribution in [0.1, 0.15) is 12.5 Å². The summed E-state index contributed by atoms with van der Waals surface area (Å²) in [4.78, 5) is 11.1. The molecule has 82 valence electrons. The third-order valence-electron chi connectivity index (χ3n) is 2.18. The second-order valence-electron chi connectivity index (χ2n) is 3.30. The molecule has 3 heteroatoms. The summed E-state index contributed by atoms with van der Waals surface area (Å²) in [6.07, 6.45) is 4.76. The van der Waals surface area contributed by atoms with Crippen LogP contribution in [0.5, 0.6) is 0 Å². The Labute approximate surface area is 93.3 Å². The highest BCUT2D eigenvalue weighted by atomic mass is 16.5. The van der Waals surface area contributed by atoms with Crippen molar-refractivity contribution in [3.63, 3.8) is 0 Å². The molecule has 0 bridgehead atoms. The van der Waals surface area contributed by atoms with E-state index < -0.39 is 0 Å². The van der Waals surface area contributed by atoms with Crippen LogP contribution in [-0.2, 0) is 9.53 Å². The molecular formula is C13H12O3. The maximum Gasteiger partial charge on any atom is 0.330 e. The summed E-state index contributed by atoms with van der Waals surface area (Å²) < 4.78 is 10.0. The summed E-state index contributed by atoms with van der Waals surface area (Å²) in [5, 5.41) is 1.05. The Hall–Kier alpha value is -2.03. The molecule has 0 saturated carbocycles. The molecule has 0 aliphatic heterocycles. The van der Waals surface area contributed by atoms with E-state index in [1.165, 1.54) is 6.08 Å². The SMILES string of the molecule is CCOC(=O)C=Cc1ccc2ccoc2c1. The lowest BCUT2D eigenvalue weighted by Gasteiger charge is -1.95. The number of hydrogen-bond acceptors (Lipinski definition) is 3. The first kappa shape index (κ1) is 10.5. The lowest BCUT2D eigenvalue weighted by Crippen LogP contribution is -1.98. The van der Waals surface area contributed by atoms with Crippen molar-refractivity contribution in [2.45, 2.75) is 6.92 Å². The van der Waals surface area contributed by atoms with E-state index in [0.717, 1.165) is 16.5 Å². The van der Waals surface area contributed by atoms with E-state index in [4.69, 9.17) is 9.15 Å². The van der Waals surface area contributed by atoms with Gasteiger partial charge in [0.2, 0.25) is 0 Å². The lowest BCUT2D eigenvalue weighted by atomic mass is 10.1. The highest BCUT2D eigenvalue weighted by molar-refractivity contribution is 5.88. The van der Waals surface area contributed by atoms with Crippen LogP contribution in [0.25, 0.3) is 17.0 Å². The molecule has 0 aliphatic carbocycles. The second kappa shape index (κ2) is 4.66. The molecule has 16 heavy (non-hydrogen) atoms. The molecule has 1 aromatic heterocycles. The molecule has 1 aromatic carbocycles. The molecule has 0 unspecified atom stereocenters. The van der Waals surface area contributed by atoms with Gasteiger partial charge in [-0.25, -0.2) is 4.79 Å². The molecular weight excluding hydrogens is 204 g/mol. The van der Waals surface area contributed by atoms with Gasteiger partial charge >= 0.3 is 5.97 Å². The molecule has 0 aliphatic rings. The summed E-state index contributed by atoms with van der Waals surface area (Å²) in [5.41, 5.74) is 1.72. The van der Waals surface area contributed by atoms with Gasteiger partial charge in [-0.1, -0.05) is 12.1 Å². The minimum Gasteiger partial charge on any atom is -0.464 e. The monoisotopic (exact) mass is 216 g/mol. The average molecular weight is 216 g/mol. The third kappa shape index (κ3) is 2.31. The summed E-state index contributed by atoms with van der Waals surface area (Å²) in [5.74, 6) is -0.331. The number of carbonyl (C=O) groups excluding carboxylic acids is 1.